The van der Waals surface area contributed by atoms with E-state index in [-0.39, 0.29) is 11.4 Å². The third-order valence-corrected chi connectivity index (χ3v) is 3.47. The van der Waals surface area contributed by atoms with Gasteiger partial charge in [-0.05, 0) is 36.8 Å². The van der Waals surface area contributed by atoms with E-state index < -0.39 is 17.5 Å². The molecule has 0 atom stereocenters. The Morgan fingerprint density at radius 1 is 1.04 bits per heavy atom. The standard InChI is InChI=1S/C18H15F2N5O/c1-11-23-16(18(26)25-13-2-3-14(19)15(20)8-13)9-17(24-11)22-10-12-4-6-21-7-5-12/h2-9H,10H2,1H3,(H,25,26)(H,22,23,24). The molecule has 0 radical (unpaired) electrons. The fourth-order valence-electron chi connectivity index (χ4n) is 2.24. The second-order valence-electron chi connectivity index (χ2n) is 5.48. The maximum Gasteiger partial charge on any atom is 0.274 e. The van der Waals surface area contributed by atoms with Crippen LogP contribution >= 0.6 is 0 Å². The molecule has 0 aliphatic rings. The van der Waals surface area contributed by atoms with Gasteiger partial charge < -0.3 is 10.6 Å². The molecule has 3 aromatic rings. The lowest BCUT2D eigenvalue weighted by atomic mass is 10.2. The number of carbonyl (C=O) groups is 1. The first kappa shape index (κ1) is 17.4. The van der Waals surface area contributed by atoms with Gasteiger partial charge in [0.2, 0.25) is 0 Å². The molecule has 0 bridgehead atoms. The third kappa shape index (κ3) is 4.35. The quantitative estimate of drug-likeness (QED) is 0.734. The Bertz CT molecular complexity index is 934. The molecule has 1 amide bonds. The van der Waals surface area contributed by atoms with Crippen LogP contribution in [0.2, 0.25) is 0 Å². The predicted octanol–water partition coefficient (Wildman–Crippen LogP) is 3.32. The van der Waals surface area contributed by atoms with Crippen molar-refractivity contribution in [1.82, 2.24) is 15.0 Å². The number of hydrogen-bond acceptors (Lipinski definition) is 5. The molecule has 0 unspecified atom stereocenters. The van der Waals surface area contributed by atoms with E-state index in [0.717, 1.165) is 17.7 Å². The van der Waals surface area contributed by atoms with Crippen molar-refractivity contribution < 1.29 is 13.6 Å². The Labute approximate surface area is 148 Å². The molecular weight excluding hydrogens is 340 g/mol. The monoisotopic (exact) mass is 355 g/mol. The second-order valence-corrected chi connectivity index (χ2v) is 5.48. The summed E-state index contributed by atoms with van der Waals surface area (Å²) >= 11 is 0. The Morgan fingerprint density at radius 3 is 2.54 bits per heavy atom. The lowest BCUT2D eigenvalue weighted by Crippen LogP contribution is -2.16. The van der Waals surface area contributed by atoms with E-state index in [2.05, 4.69) is 25.6 Å². The largest absolute Gasteiger partial charge is 0.366 e. The number of carbonyl (C=O) groups excluding carboxylic acids is 1. The van der Waals surface area contributed by atoms with Crippen molar-refractivity contribution in [2.45, 2.75) is 13.5 Å². The van der Waals surface area contributed by atoms with Crippen molar-refractivity contribution in [2.75, 3.05) is 10.6 Å². The highest BCUT2D eigenvalue weighted by Crippen LogP contribution is 2.15. The minimum absolute atomic E-state index is 0.111. The molecule has 132 valence electrons. The number of nitrogens with zero attached hydrogens (tertiary/aromatic N) is 3. The minimum atomic E-state index is -1.04. The van der Waals surface area contributed by atoms with Crippen molar-refractivity contribution in [2.24, 2.45) is 0 Å². The van der Waals surface area contributed by atoms with Crippen LogP contribution in [-0.2, 0) is 6.54 Å². The molecule has 8 heteroatoms. The first-order valence-corrected chi connectivity index (χ1v) is 7.76. The van der Waals surface area contributed by atoms with Crippen molar-refractivity contribution in [3.05, 3.63) is 77.5 Å². The van der Waals surface area contributed by atoms with Crippen LogP contribution in [0.1, 0.15) is 21.9 Å². The zero-order chi connectivity index (χ0) is 18.5. The summed E-state index contributed by atoms with van der Waals surface area (Å²) in [4.78, 5) is 24.6. The van der Waals surface area contributed by atoms with Crippen LogP contribution in [0.3, 0.4) is 0 Å². The van der Waals surface area contributed by atoms with E-state index in [0.29, 0.717) is 18.2 Å². The number of pyridine rings is 1. The Kier molecular flexibility index (Phi) is 5.12. The molecule has 0 aliphatic carbocycles. The lowest BCUT2D eigenvalue weighted by molar-refractivity contribution is 0.102. The normalized spacial score (nSPS) is 10.4. The van der Waals surface area contributed by atoms with Gasteiger partial charge in [-0.15, -0.1) is 0 Å². The summed E-state index contributed by atoms with van der Waals surface area (Å²) in [6.07, 6.45) is 3.37. The van der Waals surface area contributed by atoms with Crippen LogP contribution < -0.4 is 10.6 Å². The average Bonchev–Trinajstić information content (AvgIpc) is 2.63. The highest BCUT2D eigenvalue weighted by molar-refractivity contribution is 6.03. The maximum absolute atomic E-state index is 13.3. The molecule has 1 aromatic carbocycles. The van der Waals surface area contributed by atoms with Gasteiger partial charge in [0.1, 0.15) is 17.3 Å². The van der Waals surface area contributed by atoms with Crippen LogP contribution in [0.4, 0.5) is 20.3 Å². The number of anilines is 2. The van der Waals surface area contributed by atoms with E-state index in [9.17, 15) is 13.6 Å². The third-order valence-electron chi connectivity index (χ3n) is 3.47. The van der Waals surface area contributed by atoms with E-state index in [4.69, 9.17) is 0 Å². The highest BCUT2D eigenvalue weighted by atomic mass is 19.2. The van der Waals surface area contributed by atoms with Crippen molar-refractivity contribution in [1.29, 1.82) is 0 Å². The van der Waals surface area contributed by atoms with Gasteiger partial charge in [-0.2, -0.15) is 0 Å². The predicted molar refractivity (Wildman–Crippen MR) is 92.6 cm³/mol. The van der Waals surface area contributed by atoms with Crippen molar-refractivity contribution in [3.63, 3.8) is 0 Å². The average molecular weight is 355 g/mol. The maximum atomic E-state index is 13.3. The van der Waals surface area contributed by atoms with Gasteiger partial charge in [-0.1, -0.05) is 0 Å². The van der Waals surface area contributed by atoms with Crippen molar-refractivity contribution in [3.8, 4) is 0 Å². The van der Waals surface area contributed by atoms with Crippen LogP contribution in [-0.4, -0.2) is 20.9 Å². The van der Waals surface area contributed by atoms with Gasteiger partial charge in [0.05, 0.1) is 0 Å². The Morgan fingerprint density at radius 2 is 1.81 bits per heavy atom. The molecule has 3 rings (SSSR count). The number of aryl methyl sites for hydroxylation is 1. The molecule has 0 saturated heterocycles. The summed E-state index contributed by atoms with van der Waals surface area (Å²) in [5.41, 5.74) is 1.25. The van der Waals surface area contributed by atoms with Crippen LogP contribution in [0.5, 0.6) is 0 Å². The number of benzene rings is 1. The molecule has 26 heavy (non-hydrogen) atoms. The van der Waals surface area contributed by atoms with Crippen LogP contribution in [0, 0.1) is 18.6 Å². The summed E-state index contributed by atoms with van der Waals surface area (Å²) < 4.78 is 26.2. The van der Waals surface area contributed by atoms with E-state index in [1.54, 1.807) is 19.3 Å². The fourth-order valence-corrected chi connectivity index (χ4v) is 2.24. The van der Waals surface area contributed by atoms with Gasteiger partial charge in [0.25, 0.3) is 5.91 Å². The number of nitrogens with one attached hydrogen (secondary N) is 2. The lowest BCUT2D eigenvalue weighted by Gasteiger charge is -2.09. The summed E-state index contributed by atoms with van der Waals surface area (Å²) in [6, 6.07) is 8.33. The number of amides is 1. The summed E-state index contributed by atoms with van der Waals surface area (Å²) in [6.45, 7) is 2.16. The summed E-state index contributed by atoms with van der Waals surface area (Å²) in [5.74, 6) is -1.69. The topological polar surface area (TPSA) is 79.8 Å². The van der Waals surface area contributed by atoms with Crippen LogP contribution in [0.25, 0.3) is 0 Å². The number of halogens is 2. The molecule has 0 spiro atoms. The molecule has 0 aliphatic heterocycles. The minimum Gasteiger partial charge on any atom is -0.366 e. The summed E-state index contributed by atoms with van der Waals surface area (Å²) in [7, 11) is 0. The molecule has 0 fully saturated rings. The first-order valence-electron chi connectivity index (χ1n) is 7.76. The van der Waals surface area contributed by atoms with Gasteiger partial charge in [-0.25, -0.2) is 18.7 Å². The number of hydrogen-bond donors (Lipinski definition) is 2. The second kappa shape index (κ2) is 7.64. The highest BCUT2D eigenvalue weighted by Gasteiger charge is 2.12. The van der Waals surface area contributed by atoms with Crippen LogP contribution in [0.15, 0.2) is 48.8 Å². The van der Waals surface area contributed by atoms with Gasteiger partial charge >= 0.3 is 0 Å². The number of rotatable bonds is 5. The Balaban J connectivity index is 1.73. The molecule has 2 aromatic heterocycles. The van der Waals surface area contributed by atoms with E-state index >= 15 is 0 Å². The Hall–Kier alpha value is -3.42. The smallest absolute Gasteiger partial charge is 0.274 e. The first-order chi connectivity index (χ1) is 12.5. The van der Waals surface area contributed by atoms with Gasteiger partial charge in [0, 0.05) is 36.8 Å². The van der Waals surface area contributed by atoms with E-state index in [1.807, 2.05) is 12.1 Å². The molecule has 6 nitrogen and oxygen atoms in total. The summed E-state index contributed by atoms with van der Waals surface area (Å²) in [5, 5.41) is 5.59. The van der Waals surface area contributed by atoms with Gasteiger partial charge in [-0.3, -0.25) is 9.78 Å². The molecule has 0 saturated carbocycles. The SMILES string of the molecule is Cc1nc(NCc2ccncc2)cc(C(=O)Nc2ccc(F)c(F)c2)n1. The zero-order valence-electron chi connectivity index (χ0n) is 13.8. The molecular formula is C18H15F2N5O. The fraction of sp³-hybridized carbons (Fsp3) is 0.111. The van der Waals surface area contributed by atoms with E-state index in [1.165, 1.54) is 12.1 Å². The molecule has 2 N–H and O–H groups in total. The van der Waals surface area contributed by atoms with Gasteiger partial charge in [0.15, 0.2) is 11.6 Å². The zero-order valence-corrected chi connectivity index (χ0v) is 13.8. The van der Waals surface area contributed by atoms with Crippen molar-refractivity contribution >= 4 is 17.4 Å². The molecule has 2 heterocycles. The number of aromatic nitrogens is 3.